The number of fused-ring (bicyclic) bond motifs is 1. The van der Waals surface area contributed by atoms with E-state index in [0.29, 0.717) is 6.61 Å². The van der Waals surface area contributed by atoms with Crippen LogP contribution in [0.2, 0.25) is 0 Å². The molecule has 1 aliphatic heterocycles. The highest BCUT2D eigenvalue weighted by atomic mass is 16.5. The Morgan fingerprint density at radius 1 is 1.10 bits per heavy atom. The summed E-state index contributed by atoms with van der Waals surface area (Å²) in [5.41, 5.74) is 8.66. The first-order chi connectivity index (χ1) is 10.2. The van der Waals surface area contributed by atoms with E-state index in [4.69, 9.17) is 15.2 Å². The molecule has 0 aliphatic carbocycles. The van der Waals surface area contributed by atoms with Crippen LogP contribution in [0.1, 0.15) is 37.8 Å². The molecule has 110 valence electrons. The molecule has 0 unspecified atom stereocenters. The molecule has 0 amide bonds. The lowest BCUT2D eigenvalue weighted by Gasteiger charge is -2.28. The number of ether oxygens (including phenoxy) is 2. The van der Waals surface area contributed by atoms with Gasteiger partial charge in [0.25, 0.3) is 0 Å². The summed E-state index contributed by atoms with van der Waals surface area (Å²) in [6.45, 7) is 4.99. The second-order valence-electron chi connectivity index (χ2n) is 5.45. The van der Waals surface area contributed by atoms with Crippen molar-refractivity contribution in [3.05, 3.63) is 53.6 Å². The quantitative estimate of drug-likeness (QED) is 0.833. The van der Waals surface area contributed by atoms with Crippen LogP contribution in [0.25, 0.3) is 0 Å². The number of rotatable bonds is 4. The number of benzene rings is 2. The van der Waals surface area contributed by atoms with Crippen molar-refractivity contribution in [2.24, 2.45) is 0 Å². The van der Waals surface area contributed by atoms with Gasteiger partial charge in [-0.25, -0.2) is 0 Å². The first-order valence-electron chi connectivity index (χ1n) is 7.48. The van der Waals surface area contributed by atoms with E-state index in [0.717, 1.165) is 30.0 Å². The van der Waals surface area contributed by atoms with E-state index in [1.165, 1.54) is 11.1 Å². The molecule has 0 saturated carbocycles. The van der Waals surface area contributed by atoms with Gasteiger partial charge in [-0.15, -0.1) is 0 Å². The van der Waals surface area contributed by atoms with E-state index in [2.05, 4.69) is 19.9 Å². The highest BCUT2D eigenvalue weighted by Crippen LogP contribution is 2.47. The van der Waals surface area contributed by atoms with Gasteiger partial charge in [-0.2, -0.15) is 0 Å². The van der Waals surface area contributed by atoms with Gasteiger partial charge in [0.05, 0.1) is 12.2 Å². The van der Waals surface area contributed by atoms with Gasteiger partial charge in [-0.1, -0.05) is 26.0 Å². The Labute approximate surface area is 125 Å². The lowest BCUT2D eigenvalue weighted by atomic mass is 9.87. The van der Waals surface area contributed by atoms with Crippen LogP contribution in [-0.2, 0) is 16.9 Å². The summed E-state index contributed by atoms with van der Waals surface area (Å²) >= 11 is 0. The zero-order chi connectivity index (χ0) is 14.9. The molecule has 1 heterocycles. The van der Waals surface area contributed by atoms with Crippen LogP contribution in [0.3, 0.4) is 0 Å². The third-order valence-corrected chi connectivity index (χ3v) is 4.32. The van der Waals surface area contributed by atoms with E-state index in [-0.39, 0.29) is 5.60 Å². The molecular weight excluding hydrogens is 262 g/mol. The molecule has 0 spiro atoms. The Morgan fingerprint density at radius 2 is 1.81 bits per heavy atom. The van der Waals surface area contributed by atoms with E-state index in [9.17, 15) is 0 Å². The molecule has 3 rings (SSSR count). The van der Waals surface area contributed by atoms with Crippen molar-refractivity contribution in [3.63, 3.8) is 0 Å². The monoisotopic (exact) mass is 283 g/mol. The number of nitrogens with two attached hydrogens (primary N) is 1. The summed E-state index contributed by atoms with van der Waals surface area (Å²) in [7, 11) is 0. The van der Waals surface area contributed by atoms with Crippen LogP contribution < -0.4 is 10.5 Å². The molecule has 0 saturated heterocycles. The second-order valence-corrected chi connectivity index (χ2v) is 5.45. The van der Waals surface area contributed by atoms with Crippen molar-refractivity contribution in [2.75, 3.05) is 5.73 Å². The topological polar surface area (TPSA) is 44.5 Å². The summed E-state index contributed by atoms with van der Waals surface area (Å²) in [5, 5.41) is 0. The fourth-order valence-corrected chi connectivity index (χ4v) is 3.06. The molecule has 2 aromatic rings. The summed E-state index contributed by atoms with van der Waals surface area (Å²) in [4.78, 5) is 0. The van der Waals surface area contributed by atoms with E-state index < -0.39 is 0 Å². The Kier molecular flexibility index (Phi) is 3.60. The maximum Gasteiger partial charge on any atom is 0.133 e. The number of hydrogen-bond acceptors (Lipinski definition) is 3. The zero-order valence-electron chi connectivity index (χ0n) is 12.6. The van der Waals surface area contributed by atoms with Crippen molar-refractivity contribution in [3.8, 4) is 11.5 Å². The molecule has 2 N–H and O–H groups in total. The molecule has 0 fully saturated rings. The average Bonchev–Trinajstić information content (AvgIpc) is 2.90. The first-order valence-corrected chi connectivity index (χ1v) is 7.48. The first kappa shape index (κ1) is 14.0. The van der Waals surface area contributed by atoms with Crippen LogP contribution in [-0.4, -0.2) is 0 Å². The Bertz CT molecular complexity index is 630. The van der Waals surface area contributed by atoms with E-state index in [1.807, 2.05) is 36.4 Å². The van der Waals surface area contributed by atoms with Crippen LogP contribution in [0.5, 0.6) is 11.5 Å². The maximum atomic E-state index is 6.11. The average molecular weight is 283 g/mol. The largest absolute Gasteiger partial charge is 0.457 e. The second kappa shape index (κ2) is 5.41. The fourth-order valence-electron chi connectivity index (χ4n) is 3.06. The minimum atomic E-state index is -0.222. The Balaban J connectivity index is 2.01. The van der Waals surface area contributed by atoms with Crippen LogP contribution in [0.4, 0.5) is 5.69 Å². The fraction of sp³-hybridized carbons (Fsp3) is 0.333. The third-order valence-electron chi connectivity index (χ3n) is 4.32. The minimum absolute atomic E-state index is 0.222. The van der Waals surface area contributed by atoms with Gasteiger partial charge >= 0.3 is 0 Å². The molecule has 3 heteroatoms. The van der Waals surface area contributed by atoms with E-state index >= 15 is 0 Å². The third kappa shape index (κ3) is 2.38. The van der Waals surface area contributed by atoms with Crippen molar-refractivity contribution in [1.82, 2.24) is 0 Å². The number of nitrogen functional groups attached to an aromatic ring is 1. The van der Waals surface area contributed by atoms with Crippen molar-refractivity contribution in [1.29, 1.82) is 0 Å². The number of anilines is 1. The molecule has 0 bridgehead atoms. The molecule has 0 aromatic heterocycles. The molecule has 0 atom stereocenters. The minimum Gasteiger partial charge on any atom is -0.457 e. The van der Waals surface area contributed by atoms with Crippen molar-refractivity contribution < 1.29 is 9.47 Å². The summed E-state index contributed by atoms with van der Waals surface area (Å²) in [5.74, 6) is 1.68. The summed E-state index contributed by atoms with van der Waals surface area (Å²) < 4.78 is 12.2. The smallest absolute Gasteiger partial charge is 0.133 e. The lowest BCUT2D eigenvalue weighted by Crippen LogP contribution is -2.23. The van der Waals surface area contributed by atoms with Gasteiger partial charge in [0, 0.05) is 11.3 Å². The molecular formula is C18H21NO2. The normalized spacial score (nSPS) is 15.7. The lowest BCUT2D eigenvalue weighted by molar-refractivity contribution is -0.0447. The predicted octanol–water partition coefficient (Wildman–Crippen LogP) is 4.61. The van der Waals surface area contributed by atoms with Crippen LogP contribution in [0, 0.1) is 0 Å². The van der Waals surface area contributed by atoms with Crippen molar-refractivity contribution >= 4 is 5.69 Å². The van der Waals surface area contributed by atoms with Gasteiger partial charge in [0.2, 0.25) is 0 Å². The summed E-state index contributed by atoms with van der Waals surface area (Å²) in [6.07, 6.45) is 1.89. The molecule has 0 radical (unpaired) electrons. The van der Waals surface area contributed by atoms with Crippen LogP contribution >= 0.6 is 0 Å². The Hall–Kier alpha value is -2.00. The zero-order valence-corrected chi connectivity index (χ0v) is 12.6. The predicted molar refractivity (Wildman–Crippen MR) is 84.4 cm³/mol. The Morgan fingerprint density at radius 3 is 2.48 bits per heavy atom. The van der Waals surface area contributed by atoms with Gasteiger partial charge in [0.15, 0.2) is 0 Å². The van der Waals surface area contributed by atoms with Gasteiger partial charge < -0.3 is 15.2 Å². The van der Waals surface area contributed by atoms with Gasteiger partial charge in [0.1, 0.15) is 11.5 Å². The summed E-state index contributed by atoms with van der Waals surface area (Å²) in [6, 6.07) is 13.6. The van der Waals surface area contributed by atoms with Crippen molar-refractivity contribution in [2.45, 2.75) is 38.9 Å². The molecule has 2 aromatic carbocycles. The maximum absolute atomic E-state index is 6.11. The standard InChI is InChI=1S/C18H21NO2/c1-3-18(4-2)17-13(12-20-18)6-5-7-16(17)21-15-10-8-14(19)9-11-15/h5-11H,3-4,12,19H2,1-2H3. The van der Waals surface area contributed by atoms with Gasteiger partial charge in [-0.3, -0.25) is 0 Å². The van der Waals surface area contributed by atoms with E-state index in [1.54, 1.807) is 0 Å². The highest BCUT2D eigenvalue weighted by Gasteiger charge is 2.39. The number of hydrogen-bond donors (Lipinski definition) is 1. The SMILES string of the molecule is CCC1(CC)OCc2cccc(Oc3ccc(N)cc3)c21. The molecule has 3 nitrogen and oxygen atoms in total. The van der Waals surface area contributed by atoms with Crippen LogP contribution in [0.15, 0.2) is 42.5 Å². The highest BCUT2D eigenvalue weighted by molar-refractivity contribution is 5.49. The van der Waals surface area contributed by atoms with Gasteiger partial charge in [-0.05, 0) is 48.7 Å². The molecule has 1 aliphatic rings. The molecule has 21 heavy (non-hydrogen) atoms.